The van der Waals surface area contributed by atoms with Crippen LogP contribution in [0, 0.1) is 13.8 Å². The summed E-state index contributed by atoms with van der Waals surface area (Å²) in [6.07, 6.45) is 0. The van der Waals surface area contributed by atoms with Gasteiger partial charge < -0.3 is 14.5 Å². The number of ether oxygens (including phenoxy) is 1. The summed E-state index contributed by atoms with van der Waals surface area (Å²) in [5.74, 6) is 0.606. The Bertz CT molecular complexity index is 1110. The molecular formula is C21H21N3O3S. The van der Waals surface area contributed by atoms with E-state index in [-0.39, 0.29) is 17.7 Å². The summed E-state index contributed by atoms with van der Waals surface area (Å²) in [7, 11) is 1.58. The number of aryl methyl sites for hydroxylation is 2. The molecule has 144 valence electrons. The number of para-hydroxylation sites is 1. The van der Waals surface area contributed by atoms with E-state index < -0.39 is 0 Å². The average Bonchev–Trinajstić information content (AvgIpc) is 3.41. The van der Waals surface area contributed by atoms with Crippen LogP contribution in [0.5, 0.6) is 5.75 Å². The van der Waals surface area contributed by atoms with E-state index in [2.05, 4.69) is 16.5 Å². The monoisotopic (exact) mass is 395 g/mol. The molecule has 1 N–H and O–H groups in total. The van der Waals surface area contributed by atoms with Crippen LogP contribution >= 0.6 is 11.3 Å². The van der Waals surface area contributed by atoms with Gasteiger partial charge in [-0.3, -0.25) is 9.48 Å². The molecule has 0 fully saturated rings. The summed E-state index contributed by atoms with van der Waals surface area (Å²) in [4.78, 5) is 13.9. The third-order valence-electron chi connectivity index (χ3n) is 4.62. The van der Waals surface area contributed by atoms with E-state index in [9.17, 15) is 4.79 Å². The molecule has 1 amide bonds. The van der Waals surface area contributed by atoms with Gasteiger partial charge in [0.1, 0.15) is 6.04 Å². The van der Waals surface area contributed by atoms with Gasteiger partial charge >= 0.3 is 0 Å². The number of hydrogen-bond acceptors (Lipinski definition) is 5. The van der Waals surface area contributed by atoms with E-state index in [0.29, 0.717) is 17.9 Å². The molecule has 0 radical (unpaired) electrons. The fraction of sp³-hybridized carbons (Fsp3) is 0.238. The van der Waals surface area contributed by atoms with Crippen LogP contribution in [0.25, 0.3) is 11.0 Å². The van der Waals surface area contributed by atoms with E-state index >= 15 is 0 Å². The Balaban J connectivity index is 1.57. The molecule has 0 saturated heterocycles. The number of carbonyl (C=O) groups excluding carboxylic acids is 1. The zero-order chi connectivity index (χ0) is 19.7. The zero-order valence-corrected chi connectivity index (χ0v) is 16.7. The van der Waals surface area contributed by atoms with Gasteiger partial charge in [0.05, 0.1) is 12.8 Å². The van der Waals surface area contributed by atoms with E-state index in [0.717, 1.165) is 21.7 Å². The first kappa shape index (κ1) is 18.3. The minimum Gasteiger partial charge on any atom is -0.493 e. The third kappa shape index (κ3) is 3.41. The first-order valence-electron chi connectivity index (χ1n) is 8.97. The first-order valence-corrected chi connectivity index (χ1v) is 9.85. The molecule has 1 atom stereocenters. The van der Waals surface area contributed by atoms with Crippen LogP contribution < -0.4 is 10.1 Å². The Morgan fingerprint density at radius 3 is 2.82 bits per heavy atom. The van der Waals surface area contributed by atoms with Crippen molar-refractivity contribution < 1.29 is 13.9 Å². The third-order valence-corrected chi connectivity index (χ3v) is 5.59. The van der Waals surface area contributed by atoms with Gasteiger partial charge in [0, 0.05) is 22.5 Å². The fourth-order valence-corrected chi connectivity index (χ4v) is 4.15. The number of amides is 1. The molecule has 0 spiro atoms. The quantitative estimate of drug-likeness (QED) is 0.527. The van der Waals surface area contributed by atoms with E-state index in [1.807, 2.05) is 54.2 Å². The fourth-order valence-electron chi connectivity index (χ4n) is 3.34. The highest BCUT2D eigenvalue weighted by Crippen LogP contribution is 2.29. The number of nitrogens with one attached hydrogen (secondary N) is 1. The van der Waals surface area contributed by atoms with Crippen molar-refractivity contribution in [2.75, 3.05) is 13.7 Å². The van der Waals surface area contributed by atoms with Crippen LogP contribution in [-0.4, -0.2) is 29.3 Å². The second-order valence-electron chi connectivity index (χ2n) is 6.60. The van der Waals surface area contributed by atoms with Gasteiger partial charge in [0.25, 0.3) is 5.91 Å². The number of furan rings is 1. The van der Waals surface area contributed by atoms with Gasteiger partial charge in [0.2, 0.25) is 0 Å². The van der Waals surface area contributed by atoms with Crippen LogP contribution in [-0.2, 0) is 0 Å². The van der Waals surface area contributed by atoms with E-state index in [1.54, 1.807) is 24.5 Å². The van der Waals surface area contributed by atoms with E-state index in [1.165, 1.54) is 0 Å². The summed E-state index contributed by atoms with van der Waals surface area (Å²) in [6.45, 7) is 4.40. The predicted octanol–water partition coefficient (Wildman–Crippen LogP) is 4.34. The van der Waals surface area contributed by atoms with Crippen LogP contribution in [0.15, 0.2) is 52.3 Å². The second kappa shape index (κ2) is 7.52. The Morgan fingerprint density at radius 2 is 2.14 bits per heavy atom. The summed E-state index contributed by atoms with van der Waals surface area (Å²) < 4.78 is 13.0. The lowest BCUT2D eigenvalue weighted by Gasteiger charge is -2.18. The average molecular weight is 395 g/mol. The van der Waals surface area contributed by atoms with Gasteiger partial charge in [-0.1, -0.05) is 18.2 Å². The molecule has 0 bridgehead atoms. The van der Waals surface area contributed by atoms with Crippen LogP contribution in [0.3, 0.4) is 0 Å². The van der Waals surface area contributed by atoms with Crippen molar-refractivity contribution in [3.63, 3.8) is 0 Å². The molecule has 1 aromatic carbocycles. The molecule has 4 rings (SSSR count). The van der Waals surface area contributed by atoms with Crippen molar-refractivity contribution in [3.05, 3.63) is 69.9 Å². The van der Waals surface area contributed by atoms with Gasteiger partial charge in [-0.15, -0.1) is 11.3 Å². The van der Waals surface area contributed by atoms with Gasteiger partial charge in [-0.2, -0.15) is 5.10 Å². The van der Waals surface area contributed by atoms with Crippen molar-refractivity contribution in [3.8, 4) is 5.75 Å². The SMILES string of the molecule is COc1cccc2cc(C(=O)NC[C@H](c3cccs3)n3nc(C)cc3C)oc12. The van der Waals surface area contributed by atoms with Crippen molar-refractivity contribution >= 4 is 28.2 Å². The van der Waals surface area contributed by atoms with E-state index in [4.69, 9.17) is 9.15 Å². The van der Waals surface area contributed by atoms with Crippen LogP contribution in [0.1, 0.15) is 32.9 Å². The minimum absolute atomic E-state index is 0.0726. The summed E-state index contributed by atoms with van der Waals surface area (Å²) in [5.41, 5.74) is 2.58. The van der Waals surface area contributed by atoms with Crippen molar-refractivity contribution in [2.24, 2.45) is 0 Å². The second-order valence-corrected chi connectivity index (χ2v) is 7.58. The van der Waals surface area contributed by atoms with Gasteiger partial charge in [-0.25, -0.2) is 0 Å². The lowest BCUT2D eigenvalue weighted by atomic mass is 10.2. The molecule has 0 aliphatic heterocycles. The molecule has 7 heteroatoms. The normalized spacial score (nSPS) is 12.2. The maximum Gasteiger partial charge on any atom is 0.287 e. The standard InChI is InChI=1S/C21H21N3O3S/c1-13-10-14(2)24(23-13)16(19-8-5-9-28-19)12-22-21(25)18-11-15-6-4-7-17(26-3)20(15)27-18/h4-11,16H,12H2,1-3H3,(H,22,25)/t16-/m1/s1. The van der Waals surface area contributed by atoms with Crippen LogP contribution in [0.2, 0.25) is 0 Å². The number of hydrogen-bond donors (Lipinski definition) is 1. The molecule has 28 heavy (non-hydrogen) atoms. The molecule has 0 aliphatic carbocycles. The Morgan fingerprint density at radius 1 is 1.29 bits per heavy atom. The summed E-state index contributed by atoms with van der Waals surface area (Å²) in [6, 6.07) is 13.3. The van der Waals surface area contributed by atoms with Crippen molar-refractivity contribution in [2.45, 2.75) is 19.9 Å². The minimum atomic E-state index is -0.263. The smallest absolute Gasteiger partial charge is 0.287 e. The van der Waals surface area contributed by atoms with Gasteiger partial charge in [0.15, 0.2) is 17.1 Å². The number of benzene rings is 1. The largest absolute Gasteiger partial charge is 0.493 e. The van der Waals surface area contributed by atoms with Crippen LogP contribution in [0.4, 0.5) is 0 Å². The lowest BCUT2D eigenvalue weighted by molar-refractivity contribution is 0.0923. The molecule has 4 aromatic rings. The summed E-state index contributed by atoms with van der Waals surface area (Å²) >= 11 is 1.65. The number of carbonyl (C=O) groups is 1. The Labute approximate surface area is 166 Å². The molecule has 3 heterocycles. The van der Waals surface area contributed by atoms with Gasteiger partial charge in [-0.05, 0) is 43.5 Å². The Hall–Kier alpha value is -3.06. The highest BCUT2D eigenvalue weighted by Gasteiger charge is 2.21. The maximum absolute atomic E-state index is 12.7. The molecule has 3 aromatic heterocycles. The Kier molecular flexibility index (Phi) is 4.92. The number of aromatic nitrogens is 2. The number of rotatable bonds is 6. The number of thiophene rings is 1. The first-order chi connectivity index (χ1) is 13.6. The highest BCUT2D eigenvalue weighted by molar-refractivity contribution is 7.10. The van der Waals surface area contributed by atoms with Crippen molar-refractivity contribution in [1.82, 2.24) is 15.1 Å². The maximum atomic E-state index is 12.7. The molecular weight excluding hydrogens is 374 g/mol. The lowest BCUT2D eigenvalue weighted by Crippen LogP contribution is -2.31. The highest BCUT2D eigenvalue weighted by atomic mass is 32.1. The molecule has 6 nitrogen and oxygen atoms in total. The number of nitrogens with zero attached hydrogens (tertiary/aromatic N) is 2. The predicted molar refractivity (Wildman–Crippen MR) is 109 cm³/mol. The number of fused-ring (bicyclic) bond motifs is 1. The summed E-state index contributed by atoms with van der Waals surface area (Å²) in [5, 5.41) is 10.5. The topological polar surface area (TPSA) is 69.3 Å². The molecule has 0 aliphatic rings. The molecule has 0 saturated carbocycles. The van der Waals surface area contributed by atoms with Crippen molar-refractivity contribution in [1.29, 1.82) is 0 Å². The number of methoxy groups -OCH3 is 1. The zero-order valence-electron chi connectivity index (χ0n) is 15.9. The molecule has 0 unspecified atom stereocenters.